The first-order valence-electron chi connectivity index (χ1n) is 3.92. The lowest BCUT2D eigenvalue weighted by atomic mass is 10.1. The van der Waals surface area contributed by atoms with Gasteiger partial charge in [-0.25, -0.2) is 4.79 Å². The van der Waals surface area contributed by atoms with Crippen LogP contribution in [0.25, 0.3) is 0 Å². The van der Waals surface area contributed by atoms with Crippen molar-refractivity contribution in [1.82, 2.24) is 0 Å². The van der Waals surface area contributed by atoms with E-state index in [0.717, 1.165) is 12.8 Å². The fourth-order valence-corrected chi connectivity index (χ4v) is 0.769. The molecule has 0 amide bonds. The van der Waals surface area contributed by atoms with Gasteiger partial charge in [-0.3, -0.25) is 4.79 Å². The highest BCUT2D eigenvalue weighted by atomic mass is 16.5. The quantitative estimate of drug-likeness (QED) is 0.278. The van der Waals surface area contributed by atoms with E-state index < -0.39 is 5.97 Å². The van der Waals surface area contributed by atoms with Gasteiger partial charge in [0.1, 0.15) is 0 Å². The van der Waals surface area contributed by atoms with Gasteiger partial charge in [-0.05, 0) is 13.3 Å². The van der Waals surface area contributed by atoms with Gasteiger partial charge in [-0.2, -0.15) is 0 Å². The van der Waals surface area contributed by atoms with Crippen molar-refractivity contribution in [3.8, 4) is 0 Å². The number of esters is 1. The van der Waals surface area contributed by atoms with Crippen molar-refractivity contribution >= 4 is 11.8 Å². The summed E-state index contributed by atoms with van der Waals surface area (Å²) in [6.07, 6.45) is 3.26. The molecule has 0 aromatic rings. The summed E-state index contributed by atoms with van der Waals surface area (Å²) >= 11 is 0. The van der Waals surface area contributed by atoms with E-state index in [1.54, 1.807) is 6.08 Å². The third kappa shape index (κ3) is 3.32. The monoisotopic (exact) mass is 170 g/mol. The molecule has 0 N–H and O–H groups in total. The van der Waals surface area contributed by atoms with Gasteiger partial charge in [-0.1, -0.05) is 19.4 Å². The Kier molecular flexibility index (Phi) is 5.00. The Morgan fingerprint density at radius 1 is 1.42 bits per heavy atom. The Morgan fingerprint density at radius 2 is 2.00 bits per heavy atom. The first kappa shape index (κ1) is 10.9. The molecule has 68 valence electrons. The Bertz CT molecular complexity index is 204. The third-order valence-corrected chi connectivity index (χ3v) is 1.42. The minimum atomic E-state index is -0.545. The summed E-state index contributed by atoms with van der Waals surface area (Å²) in [5.41, 5.74) is 0.152. The van der Waals surface area contributed by atoms with Crippen LogP contribution in [-0.4, -0.2) is 18.9 Å². The fourth-order valence-electron chi connectivity index (χ4n) is 0.769. The maximum atomic E-state index is 10.9. The Hall–Kier alpha value is -1.12. The van der Waals surface area contributed by atoms with Crippen LogP contribution in [0, 0.1) is 0 Å². The summed E-state index contributed by atoms with van der Waals surface area (Å²) in [5, 5.41) is 0. The van der Waals surface area contributed by atoms with Crippen molar-refractivity contribution in [3.63, 3.8) is 0 Å². The van der Waals surface area contributed by atoms with Crippen LogP contribution < -0.4 is 0 Å². The number of hydrogen-bond donors (Lipinski definition) is 0. The molecule has 0 rings (SSSR count). The van der Waals surface area contributed by atoms with Crippen molar-refractivity contribution in [3.05, 3.63) is 11.6 Å². The van der Waals surface area contributed by atoms with Gasteiger partial charge in [0, 0.05) is 0 Å². The molecular weight excluding hydrogens is 156 g/mol. The zero-order chi connectivity index (χ0) is 9.56. The lowest BCUT2D eigenvalue weighted by Crippen LogP contribution is -2.11. The van der Waals surface area contributed by atoms with Crippen molar-refractivity contribution in [2.75, 3.05) is 7.11 Å². The van der Waals surface area contributed by atoms with E-state index in [2.05, 4.69) is 4.74 Å². The van der Waals surface area contributed by atoms with Gasteiger partial charge in [-0.15, -0.1) is 0 Å². The molecule has 0 heterocycles. The molecule has 0 radical (unpaired) electrons. The zero-order valence-electron chi connectivity index (χ0n) is 7.72. The Morgan fingerprint density at radius 3 is 2.33 bits per heavy atom. The minimum absolute atomic E-state index is 0.152. The van der Waals surface area contributed by atoms with Crippen LogP contribution in [0.15, 0.2) is 11.6 Å². The molecular formula is C9H14O3. The van der Waals surface area contributed by atoms with Gasteiger partial charge in [0.25, 0.3) is 0 Å². The van der Waals surface area contributed by atoms with Crippen molar-refractivity contribution in [2.24, 2.45) is 0 Å². The van der Waals surface area contributed by atoms with E-state index >= 15 is 0 Å². The van der Waals surface area contributed by atoms with E-state index in [0.29, 0.717) is 0 Å². The summed E-state index contributed by atoms with van der Waals surface area (Å²) < 4.78 is 4.44. The number of allylic oxidation sites excluding steroid dienone is 1. The third-order valence-electron chi connectivity index (χ3n) is 1.42. The molecule has 0 aromatic heterocycles. The largest absolute Gasteiger partial charge is 0.465 e. The molecule has 0 aliphatic heterocycles. The molecule has 0 saturated heterocycles. The highest BCUT2D eigenvalue weighted by Crippen LogP contribution is 2.02. The van der Waals surface area contributed by atoms with E-state index in [1.165, 1.54) is 14.0 Å². The van der Waals surface area contributed by atoms with Crippen LogP contribution in [0.1, 0.15) is 26.7 Å². The van der Waals surface area contributed by atoms with E-state index in [1.807, 2.05) is 6.92 Å². The van der Waals surface area contributed by atoms with E-state index in [9.17, 15) is 9.59 Å². The highest BCUT2D eigenvalue weighted by molar-refractivity contribution is 6.16. The van der Waals surface area contributed by atoms with Gasteiger partial charge in [0.05, 0.1) is 12.7 Å². The van der Waals surface area contributed by atoms with E-state index in [-0.39, 0.29) is 11.4 Å². The summed E-state index contributed by atoms with van der Waals surface area (Å²) in [5.74, 6) is -0.786. The molecule has 3 heteroatoms. The second-order valence-corrected chi connectivity index (χ2v) is 2.45. The molecule has 0 saturated carbocycles. The van der Waals surface area contributed by atoms with Crippen LogP contribution in [0.2, 0.25) is 0 Å². The first-order chi connectivity index (χ1) is 5.63. The number of unbranched alkanes of at least 4 members (excludes halogenated alkanes) is 1. The van der Waals surface area contributed by atoms with Gasteiger partial charge >= 0.3 is 5.97 Å². The van der Waals surface area contributed by atoms with Crippen molar-refractivity contribution < 1.29 is 14.3 Å². The molecule has 0 fully saturated rings. The second-order valence-electron chi connectivity index (χ2n) is 2.45. The molecule has 0 unspecified atom stereocenters. The topological polar surface area (TPSA) is 43.4 Å². The van der Waals surface area contributed by atoms with Crippen molar-refractivity contribution in [2.45, 2.75) is 26.7 Å². The molecule has 0 aromatic carbocycles. The molecule has 0 atom stereocenters. The van der Waals surface area contributed by atoms with Crippen molar-refractivity contribution in [1.29, 1.82) is 0 Å². The number of Topliss-reactive ketones (excluding diaryl/α,β-unsaturated/α-hetero) is 1. The predicted molar refractivity (Wildman–Crippen MR) is 45.7 cm³/mol. The number of hydrogen-bond acceptors (Lipinski definition) is 3. The summed E-state index contributed by atoms with van der Waals surface area (Å²) in [7, 11) is 1.27. The van der Waals surface area contributed by atoms with Gasteiger partial charge in [0.2, 0.25) is 0 Å². The van der Waals surface area contributed by atoms with Crippen LogP contribution in [-0.2, 0) is 14.3 Å². The molecule has 0 bridgehead atoms. The maximum absolute atomic E-state index is 10.9. The number of carbonyl (C=O) groups excluding carboxylic acids is 2. The van der Waals surface area contributed by atoms with Crippen LogP contribution in [0.5, 0.6) is 0 Å². The minimum Gasteiger partial charge on any atom is -0.465 e. The lowest BCUT2D eigenvalue weighted by molar-refractivity contribution is -0.137. The standard InChI is InChI=1S/C9H14O3/c1-4-5-6-8(7(2)10)9(11)12-3/h6H,4-5H2,1-3H3/b8-6+. The molecule has 0 spiro atoms. The fraction of sp³-hybridized carbons (Fsp3) is 0.556. The number of ketones is 1. The highest BCUT2D eigenvalue weighted by Gasteiger charge is 2.13. The van der Waals surface area contributed by atoms with Crippen LogP contribution in [0.4, 0.5) is 0 Å². The lowest BCUT2D eigenvalue weighted by Gasteiger charge is -1.99. The van der Waals surface area contributed by atoms with Crippen LogP contribution >= 0.6 is 0 Å². The number of rotatable bonds is 4. The average molecular weight is 170 g/mol. The summed E-state index contributed by atoms with van der Waals surface area (Å²) in [4.78, 5) is 21.8. The summed E-state index contributed by atoms with van der Waals surface area (Å²) in [6.45, 7) is 3.34. The Balaban J connectivity index is 4.43. The first-order valence-corrected chi connectivity index (χ1v) is 3.92. The van der Waals surface area contributed by atoms with Crippen LogP contribution in [0.3, 0.4) is 0 Å². The zero-order valence-corrected chi connectivity index (χ0v) is 7.72. The van der Waals surface area contributed by atoms with Gasteiger partial charge in [0.15, 0.2) is 5.78 Å². The normalized spacial score (nSPS) is 11.1. The molecule has 3 nitrogen and oxygen atoms in total. The molecule has 0 aliphatic rings. The number of methoxy groups -OCH3 is 1. The second kappa shape index (κ2) is 5.52. The summed E-state index contributed by atoms with van der Waals surface area (Å²) in [6, 6.07) is 0. The van der Waals surface area contributed by atoms with E-state index in [4.69, 9.17) is 0 Å². The number of ether oxygens (including phenoxy) is 1. The predicted octanol–water partition coefficient (Wildman–Crippen LogP) is 1.47. The Labute approximate surface area is 72.4 Å². The SMILES string of the molecule is CCC/C=C(\C(C)=O)C(=O)OC. The van der Waals surface area contributed by atoms with Gasteiger partial charge < -0.3 is 4.74 Å². The maximum Gasteiger partial charge on any atom is 0.341 e. The molecule has 0 aliphatic carbocycles. The average Bonchev–Trinajstić information content (AvgIpc) is 2.04. The smallest absolute Gasteiger partial charge is 0.341 e. The molecule has 12 heavy (non-hydrogen) atoms. The number of carbonyl (C=O) groups is 2.